The van der Waals surface area contributed by atoms with Crippen LogP contribution in [0.25, 0.3) is 0 Å². The number of aromatic nitrogens is 3. The molecule has 0 fully saturated rings. The van der Waals surface area contributed by atoms with Gasteiger partial charge in [0.1, 0.15) is 0 Å². The fourth-order valence-corrected chi connectivity index (χ4v) is 0.853. The van der Waals surface area contributed by atoms with Gasteiger partial charge in [0.25, 0.3) is 0 Å². The zero-order valence-electron chi connectivity index (χ0n) is 6.77. The first-order chi connectivity index (χ1) is 5.59. The molecule has 6 nitrogen and oxygen atoms in total. The summed E-state index contributed by atoms with van der Waals surface area (Å²) in [6.45, 7) is 0. The van der Waals surface area contributed by atoms with Gasteiger partial charge in [-0.05, 0) is 0 Å². The molecule has 1 rings (SSSR count). The monoisotopic (exact) mass is 169 g/mol. The fraction of sp³-hybridized carbons (Fsp3) is 0.500. The second-order valence-electron chi connectivity index (χ2n) is 2.54. The van der Waals surface area contributed by atoms with Crippen molar-refractivity contribution < 1.29 is 4.79 Å². The highest BCUT2D eigenvalue weighted by Crippen LogP contribution is 2.07. The molecule has 12 heavy (non-hydrogen) atoms. The van der Waals surface area contributed by atoms with Crippen molar-refractivity contribution in [1.29, 1.82) is 0 Å². The summed E-state index contributed by atoms with van der Waals surface area (Å²) in [5, 5.41) is 7.75. The summed E-state index contributed by atoms with van der Waals surface area (Å²) in [4.78, 5) is 11.9. The van der Waals surface area contributed by atoms with Crippen molar-refractivity contribution in [2.24, 2.45) is 18.5 Å². The van der Waals surface area contributed by atoms with Crippen molar-refractivity contribution in [3.05, 3.63) is 11.9 Å². The number of carbonyl (C=O) groups is 1. The van der Waals surface area contributed by atoms with Gasteiger partial charge < -0.3 is 11.5 Å². The first-order valence-corrected chi connectivity index (χ1v) is 3.49. The van der Waals surface area contributed by atoms with E-state index < -0.39 is 11.9 Å². The Morgan fingerprint density at radius 2 is 2.50 bits per heavy atom. The maximum atomic E-state index is 10.5. The molecule has 0 spiro atoms. The summed E-state index contributed by atoms with van der Waals surface area (Å²) in [6.07, 6.45) is 1.62. The third-order valence-corrected chi connectivity index (χ3v) is 1.42. The number of carbonyl (C=O) groups excluding carboxylic acids is 1. The molecule has 1 heterocycles. The van der Waals surface area contributed by atoms with E-state index in [1.807, 2.05) is 0 Å². The maximum Gasteiger partial charge on any atom is 0.219 e. The van der Waals surface area contributed by atoms with E-state index in [4.69, 9.17) is 11.5 Å². The standard InChI is InChI=1S/C6H11N5O/c1-11-9-3-5(10-11)4(7)2-6(8)12/h3-4H,2,7H2,1H3,(H2,8,12)/t4-/m0/s1. The van der Waals surface area contributed by atoms with Gasteiger partial charge in [-0.2, -0.15) is 15.0 Å². The molecule has 1 amide bonds. The van der Waals surface area contributed by atoms with E-state index in [1.165, 1.54) is 11.0 Å². The summed E-state index contributed by atoms with van der Waals surface area (Å²) in [7, 11) is 1.68. The zero-order chi connectivity index (χ0) is 9.14. The van der Waals surface area contributed by atoms with E-state index in [0.717, 1.165) is 0 Å². The van der Waals surface area contributed by atoms with Crippen LogP contribution in [0.1, 0.15) is 18.2 Å². The first kappa shape index (κ1) is 8.66. The smallest absolute Gasteiger partial charge is 0.219 e. The predicted molar refractivity (Wildman–Crippen MR) is 41.7 cm³/mol. The quantitative estimate of drug-likeness (QED) is 0.586. The number of nitrogens with zero attached hydrogens (tertiary/aromatic N) is 3. The highest BCUT2D eigenvalue weighted by Gasteiger charge is 2.11. The van der Waals surface area contributed by atoms with Crippen LogP contribution in [-0.4, -0.2) is 20.9 Å². The molecule has 0 aromatic carbocycles. The highest BCUT2D eigenvalue weighted by molar-refractivity contribution is 5.74. The molecule has 0 aliphatic carbocycles. The number of aryl methyl sites for hydroxylation is 1. The minimum atomic E-state index is -0.448. The number of primary amides is 1. The third kappa shape index (κ3) is 2.03. The van der Waals surface area contributed by atoms with Crippen LogP contribution >= 0.6 is 0 Å². The van der Waals surface area contributed by atoms with E-state index in [9.17, 15) is 4.79 Å². The Hall–Kier alpha value is -1.43. The number of hydrogen-bond acceptors (Lipinski definition) is 4. The van der Waals surface area contributed by atoms with Crippen LogP contribution in [0.2, 0.25) is 0 Å². The Balaban J connectivity index is 2.64. The van der Waals surface area contributed by atoms with Gasteiger partial charge in [0, 0.05) is 13.5 Å². The molecule has 1 aromatic heterocycles. The Morgan fingerprint density at radius 3 is 2.92 bits per heavy atom. The van der Waals surface area contributed by atoms with Crippen molar-refractivity contribution in [3.8, 4) is 0 Å². The van der Waals surface area contributed by atoms with Gasteiger partial charge in [0.15, 0.2) is 0 Å². The average Bonchev–Trinajstić information content (AvgIpc) is 2.34. The van der Waals surface area contributed by atoms with Gasteiger partial charge in [-0.3, -0.25) is 4.79 Å². The highest BCUT2D eigenvalue weighted by atomic mass is 16.1. The molecule has 4 N–H and O–H groups in total. The lowest BCUT2D eigenvalue weighted by Gasteiger charge is -2.03. The number of hydrogen-bond donors (Lipinski definition) is 2. The third-order valence-electron chi connectivity index (χ3n) is 1.42. The van der Waals surface area contributed by atoms with Gasteiger partial charge >= 0.3 is 0 Å². The molecule has 0 unspecified atom stereocenters. The van der Waals surface area contributed by atoms with Crippen LogP contribution in [0.15, 0.2) is 6.20 Å². The minimum Gasteiger partial charge on any atom is -0.370 e. The normalized spacial score (nSPS) is 12.8. The lowest BCUT2D eigenvalue weighted by Crippen LogP contribution is -2.21. The second-order valence-corrected chi connectivity index (χ2v) is 2.54. The molecule has 0 radical (unpaired) electrons. The Kier molecular flexibility index (Phi) is 2.39. The molecular weight excluding hydrogens is 158 g/mol. The van der Waals surface area contributed by atoms with Crippen molar-refractivity contribution >= 4 is 5.91 Å². The van der Waals surface area contributed by atoms with E-state index in [-0.39, 0.29) is 6.42 Å². The van der Waals surface area contributed by atoms with Crippen LogP contribution in [0.4, 0.5) is 0 Å². The summed E-state index contributed by atoms with van der Waals surface area (Å²) >= 11 is 0. The van der Waals surface area contributed by atoms with Gasteiger partial charge in [-0.25, -0.2) is 0 Å². The molecule has 0 aliphatic heterocycles. The molecule has 1 aromatic rings. The Morgan fingerprint density at radius 1 is 1.83 bits per heavy atom. The predicted octanol–water partition coefficient (Wildman–Crippen LogP) is -1.31. The van der Waals surface area contributed by atoms with Crippen LogP contribution in [0, 0.1) is 0 Å². The molecular formula is C6H11N5O. The molecule has 0 aliphatic rings. The van der Waals surface area contributed by atoms with Crippen LogP contribution < -0.4 is 11.5 Å². The Labute approximate surface area is 69.5 Å². The van der Waals surface area contributed by atoms with Crippen LogP contribution in [0.5, 0.6) is 0 Å². The molecule has 0 saturated carbocycles. The van der Waals surface area contributed by atoms with E-state index in [0.29, 0.717) is 5.69 Å². The van der Waals surface area contributed by atoms with E-state index in [1.54, 1.807) is 7.05 Å². The lowest BCUT2D eigenvalue weighted by atomic mass is 10.1. The molecule has 6 heteroatoms. The maximum absolute atomic E-state index is 10.5. The average molecular weight is 169 g/mol. The van der Waals surface area contributed by atoms with Crippen molar-refractivity contribution in [3.63, 3.8) is 0 Å². The molecule has 1 atom stereocenters. The van der Waals surface area contributed by atoms with Gasteiger partial charge in [-0.1, -0.05) is 0 Å². The molecule has 66 valence electrons. The SMILES string of the molecule is Cn1ncc([C@@H](N)CC(N)=O)n1. The second kappa shape index (κ2) is 3.31. The summed E-state index contributed by atoms with van der Waals surface area (Å²) in [6, 6.07) is -0.448. The molecule has 0 saturated heterocycles. The van der Waals surface area contributed by atoms with Crippen LogP contribution in [-0.2, 0) is 11.8 Å². The van der Waals surface area contributed by atoms with Crippen molar-refractivity contribution in [2.45, 2.75) is 12.5 Å². The lowest BCUT2D eigenvalue weighted by molar-refractivity contribution is -0.118. The van der Waals surface area contributed by atoms with E-state index in [2.05, 4.69) is 10.2 Å². The summed E-state index contributed by atoms with van der Waals surface area (Å²) in [5.74, 6) is -0.437. The van der Waals surface area contributed by atoms with Crippen molar-refractivity contribution in [2.75, 3.05) is 0 Å². The van der Waals surface area contributed by atoms with Gasteiger partial charge in [0.2, 0.25) is 5.91 Å². The number of nitrogens with two attached hydrogens (primary N) is 2. The van der Waals surface area contributed by atoms with Gasteiger partial charge in [0.05, 0.1) is 17.9 Å². The van der Waals surface area contributed by atoms with Crippen LogP contribution in [0.3, 0.4) is 0 Å². The summed E-state index contributed by atoms with van der Waals surface area (Å²) < 4.78 is 0. The number of rotatable bonds is 3. The minimum absolute atomic E-state index is 0.0959. The fourth-order valence-electron chi connectivity index (χ4n) is 0.853. The first-order valence-electron chi connectivity index (χ1n) is 3.49. The summed E-state index contributed by atoms with van der Waals surface area (Å²) in [5.41, 5.74) is 11.1. The largest absolute Gasteiger partial charge is 0.370 e. The Bertz CT molecular complexity index is 281. The van der Waals surface area contributed by atoms with Gasteiger partial charge in [-0.15, -0.1) is 0 Å². The molecule has 0 bridgehead atoms. The topological polar surface area (TPSA) is 99.8 Å². The van der Waals surface area contributed by atoms with E-state index >= 15 is 0 Å². The number of amides is 1. The van der Waals surface area contributed by atoms with Crippen molar-refractivity contribution in [1.82, 2.24) is 15.0 Å². The zero-order valence-corrected chi connectivity index (χ0v) is 6.77.